The van der Waals surface area contributed by atoms with Crippen molar-refractivity contribution in [1.82, 2.24) is 9.80 Å². The van der Waals surface area contributed by atoms with Crippen LogP contribution in [0.3, 0.4) is 0 Å². The highest BCUT2D eigenvalue weighted by molar-refractivity contribution is 5.79. The van der Waals surface area contributed by atoms with Gasteiger partial charge in [-0.15, -0.1) is 0 Å². The van der Waals surface area contributed by atoms with Crippen LogP contribution in [0.1, 0.15) is 45.1 Å². The second-order valence-electron chi connectivity index (χ2n) is 7.50. The number of hydrogen-bond acceptors (Lipinski definition) is 3. The average molecular weight is 362 g/mol. The number of benzene rings is 1. The molecule has 0 saturated carbocycles. The third kappa shape index (κ3) is 4.00. The lowest BCUT2D eigenvalue weighted by molar-refractivity contribution is -0.133. The van der Waals surface area contributed by atoms with E-state index in [-0.39, 0.29) is 30.3 Å². The number of hydrogen-bond donors (Lipinski definition) is 0. The van der Waals surface area contributed by atoms with Crippen LogP contribution in [0.2, 0.25) is 0 Å². The summed E-state index contributed by atoms with van der Waals surface area (Å²) in [6.45, 7) is 5.91. The molecule has 1 spiro atoms. The van der Waals surface area contributed by atoms with Crippen LogP contribution in [-0.2, 0) is 16.0 Å². The zero-order valence-corrected chi connectivity index (χ0v) is 15.5. The summed E-state index contributed by atoms with van der Waals surface area (Å²) in [6, 6.07) is 6.33. The molecule has 2 saturated heterocycles. The molecular weight excluding hydrogens is 335 g/mol. The minimum absolute atomic E-state index is 0.00835. The highest BCUT2D eigenvalue weighted by atomic mass is 19.1. The fourth-order valence-corrected chi connectivity index (χ4v) is 3.92. The van der Waals surface area contributed by atoms with Crippen molar-refractivity contribution in [3.8, 4) is 0 Å². The summed E-state index contributed by atoms with van der Waals surface area (Å²) in [7, 11) is 0. The molecule has 0 bridgehead atoms. The standard InChI is InChI=1S/C20H27FN2O3/c1-3-5-15(2)23-14-20(26-19(23)25)8-10-22(11-9-20)18(24)13-16-6-4-7-17(21)12-16/h4,6-7,12,15H,3,5,8-11,13-14H2,1-2H3. The molecule has 2 aliphatic rings. The lowest BCUT2D eigenvalue weighted by Crippen LogP contribution is -2.49. The van der Waals surface area contributed by atoms with Crippen LogP contribution in [0.5, 0.6) is 0 Å². The number of ether oxygens (including phenoxy) is 1. The van der Waals surface area contributed by atoms with Gasteiger partial charge in [0.1, 0.15) is 11.4 Å². The maximum Gasteiger partial charge on any atom is 0.410 e. The third-order valence-corrected chi connectivity index (χ3v) is 5.51. The van der Waals surface area contributed by atoms with Crippen molar-refractivity contribution in [2.75, 3.05) is 19.6 Å². The number of carbonyl (C=O) groups is 2. The zero-order chi connectivity index (χ0) is 18.7. The quantitative estimate of drug-likeness (QED) is 0.807. The Hall–Kier alpha value is -2.11. The number of piperidine rings is 1. The van der Waals surface area contributed by atoms with Gasteiger partial charge in [0, 0.05) is 32.0 Å². The first-order valence-corrected chi connectivity index (χ1v) is 9.44. The molecule has 6 heteroatoms. The van der Waals surface area contributed by atoms with Gasteiger partial charge in [-0.2, -0.15) is 0 Å². The Balaban J connectivity index is 1.55. The van der Waals surface area contributed by atoms with Crippen LogP contribution >= 0.6 is 0 Å². The SMILES string of the molecule is CCCC(C)N1CC2(CCN(C(=O)Cc3cccc(F)c3)CC2)OC1=O. The van der Waals surface area contributed by atoms with Gasteiger partial charge in [0.2, 0.25) is 5.91 Å². The van der Waals surface area contributed by atoms with Gasteiger partial charge < -0.3 is 14.5 Å². The average Bonchev–Trinajstić information content (AvgIpc) is 2.92. The van der Waals surface area contributed by atoms with Crippen molar-refractivity contribution in [1.29, 1.82) is 0 Å². The first-order valence-electron chi connectivity index (χ1n) is 9.44. The minimum atomic E-state index is -0.464. The topological polar surface area (TPSA) is 49.9 Å². The van der Waals surface area contributed by atoms with E-state index in [1.807, 2.05) is 4.90 Å². The maximum absolute atomic E-state index is 13.3. The minimum Gasteiger partial charge on any atom is -0.441 e. The third-order valence-electron chi connectivity index (χ3n) is 5.51. The van der Waals surface area contributed by atoms with Crippen molar-refractivity contribution in [2.45, 2.75) is 57.6 Å². The molecule has 0 aromatic heterocycles. The molecule has 1 atom stereocenters. The monoisotopic (exact) mass is 362 g/mol. The van der Waals surface area contributed by atoms with Crippen LogP contribution in [0, 0.1) is 5.82 Å². The van der Waals surface area contributed by atoms with Gasteiger partial charge in [0.25, 0.3) is 0 Å². The molecule has 3 rings (SSSR count). The van der Waals surface area contributed by atoms with Gasteiger partial charge in [0.15, 0.2) is 0 Å². The molecule has 0 N–H and O–H groups in total. The van der Waals surface area contributed by atoms with E-state index in [0.717, 1.165) is 12.8 Å². The summed E-state index contributed by atoms with van der Waals surface area (Å²) < 4.78 is 19.0. The number of amides is 2. The van der Waals surface area contributed by atoms with E-state index in [9.17, 15) is 14.0 Å². The fourth-order valence-electron chi connectivity index (χ4n) is 3.92. The molecule has 2 aliphatic heterocycles. The predicted octanol–water partition coefficient (Wildman–Crippen LogP) is 3.37. The normalized spacial score (nSPS) is 20.3. The number of likely N-dealkylation sites (tertiary alicyclic amines) is 1. The van der Waals surface area contributed by atoms with Gasteiger partial charge in [0.05, 0.1) is 13.0 Å². The van der Waals surface area contributed by atoms with Crippen molar-refractivity contribution in [3.63, 3.8) is 0 Å². The fraction of sp³-hybridized carbons (Fsp3) is 0.600. The molecular formula is C20H27FN2O3. The van der Waals surface area contributed by atoms with E-state index in [0.29, 0.717) is 38.0 Å². The van der Waals surface area contributed by atoms with Crippen LogP contribution in [0.25, 0.3) is 0 Å². The number of halogens is 1. The molecule has 26 heavy (non-hydrogen) atoms. The second-order valence-corrected chi connectivity index (χ2v) is 7.50. The molecule has 2 fully saturated rings. The van der Waals surface area contributed by atoms with Crippen molar-refractivity contribution >= 4 is 12.0 Å². The van der Waals surface area contributed by atoms with Crippen LogP contribution in [0.4, 0.5) is 9.18 Å². The van der Waals surface area contributed by atoms with Crippen LogP contribution in [-0.4, -0.2) is 53.1 Å². The highest BCUT2D eigenvalue weighted by Gasteiger charge is 2.48. The molecule has 0 radical (unpaired) electrons. The van der Waals surface area contributed by atoms with E-state index >= 15 is 0 Å². The Bertz CT molecular complexity index is 671. The smallest absolute Gasteiger partial charge is 0.410 e. The summed E-state index contributed by atoms with van der Waals surface area (Å²) in [5.41, 5.74) is 0.219. The van der Waals surface area contributed by atoms with E-state index in [4.69, 9.17) is 4.74 Å². The molecule has 5 nitrogen and oxygen atoms in total. The van der Waals surface area contributed by atoms with Gasteiger partial charge in [-0.05, 0) is 31.0 Å². The number of rotatable bonds is 5. The molecule has 2 heterocycles. The van der Waals surface area contributed by atoms with Crippen LogP contribution < -0.4 is 0 Å². The molecule has 142 valence electrons. The Kier molecular flexibility index (Phi) is 5.49. The zero-order valence-electron chi connectivity index (χ0n) is 15.5. The van der Waals surface area contributed by atoms with Gasteiger partial charge in [-0.3, -0.25) is 4.79 Å². The molecule has 0 aliphatic carbocycles. The Labute approximate surface area is 154 Å². The summed E-state index contributed by atoms with van der Waals surface area (Å²) in [5, 5.41) is 0. The summed E-state index contributed by atoms with van der Waals surface area (Å²) in [4.78, 5) is 28.4. The van der Waals surface area contributed by atoms with Crippen molar-refractivity contribution < 1.29 is 18.7 Å². The molecule has 1 aromatic rings. The van der Waals surface area contributed by atoms with Gasteiger partial charge >= 0.3 is 6.09 Å². The summed E-state index contributed by atoms with van der Waals surface area (Å²) in [5.74, 6) is -0.335. The number of nitrogens with zero attached hydrogens (tertiary/aromatic N) is 2. The predicted molar refractivity (Wildman–Crippen MR) is 96.2 cm³/mol. The summed E-state index contributed by atoms with van der Waals surface area (Å²) in [6.07, 6.45) is 3.27. The first-order chi connectivity index (χ1) is 12.4. The van der Waals surface area contributed by atoms with Gasteiger partial charge in [-0.25, -0.2) is 9.18 Å². The Morgan fingerprint density at radius 2 is 2.08 bits per heavy atom. The molecule has 1 aromatic carbocycles. The Morgan fingerprint density at radius 1 is 1.35 bits per heavy atom. The number of carbonyl (C=O) groups excluding carboxylic acids is 2. The van der Waals surface area contributed by atoms with E-state index in [1.165, 1.54) is 12.1 Å². The second kappa shape index (κ2) is 7.64. The summed E-state index contributed by atoms with van der Waals surface area (Å²) >= 11 is 0. The maximum atomic E-state index is 13.3. The van der Waals surface area contributed by atoms with Crippen LogP contribution in [0.15, 0.2) is 24.3 Å². The Morgan fingerprint density at radius 3 is 2.73 bits per heavy atom. The van der Waals surface area contributed by atoms with E-state index in [2.05, 4.69) is 13.8 Å². The molecule has 2 amide bonds. The lowest BCUT2D eigenvalue weighted by Gasteiger charge is -2.37. The van der Waals surface area contributed by atoms with E-state index in [1.54, 1.807) is 17.0 Å². The lowest BCUT2D eigenvalue weighted by atomic mass is 9.90. The first kappa shape index (κ1) is 18.7. The largest absolute Gasteiger partial charge is 0.441 e. The van der Waals surface area contributed by atoms with Crippen molar-refractivity contribution in [3.05, 3.63) is 35.6 Å². The van der Waals surface area contributed by atoms with Crippen molar-refractivity contribution in [2.24, 2.45) is 0 Å². The van der Waals surface area contributed by atoms with Gasteiger partial charge in [-0.1, -0.05) is 25.5 Å². The molecule has 1 unspecified atom stereocenters. The van der Waals surface area contributed by atoms with E-state index < -0.39 is 5.60 Å². The highest BCUT2D eigenvalue weighted by Crippen LogP contribution is 2.34.